The van der Waals surface area contributed by atoms with E-state index in [1.54, 1.807) is 31.2 Å². The zero-order valence-electron chi connectivity index (χ0n) is 25.1. The molecular formula is C32H40FN3O6S. The molecule has 0 saturated heterocycles. The van der Waals surface area contributed by atoms with Crippen molar-refractivity contribution in [2.45, 2.75) is 57.5 Å². The van der Waals surface area contributed by atoms with Gasteiger partial charge < -0.3 is 19.7 Å². The molecule has 1 N–H and O–H groups in total. The van der Waals surface area contributed by atoms with Crippen LogP contribution in [0.15, 0.2) is 77.7 Å². The summed E-state index contributed by atoms with van der Waals surface area (Å²) in [6, 6.07) is 17.0. The number of unbranched alkanes of at least 4 members (excludes halogenated alkanes) is 1. The summed E-state index contributed by atoms with van der Waals surface area (Å²) in [5.41, 5.74) is 0.806. The van der Waals surface area contributed by atoms with Crippen LogP contribution in [0.5, 0.6) is 11.5 Å². The number of hydrogen-bond donors (Lipinski definition) is 1. The van der Waals surface area contributed by atoms with E-state index in [1.807, 2.05) is 13.8 Å². The molecular weight excluding hydrogens is 573 g/mol. The van der Waals surface area contributed by atoms with Gasteiger partial charge in [-0.1, -0.05) is 32.4 Å². The van der Waals surface area contributed by atoms with Crippen LogP contribution in [-0.4, -0.2) is 58.0 Å². The van der Waals surface area contributed by atoms with Gasteiger partial charge in [0.1, 0.15) is 29.9 Å². The molecule has 11 heteroatoms. The van der Waals surface area contributed by atoms with Crippen LogP contribution in [0.2, 0.25) is 0 Å². The van der Waals surface area contributed by atoms with Gasteiger partial charge in [-0.2, -0.15) is 0 Å². The lowest BCUT2D eigenvalue weighted by atomic mass is 10.1. The molecule has 0 saturated carbocycles. The zero-order valence-corrected chi connectivity index (χ0v) is 25.9. The number of sulfonamides is 1. The highest BCUT2D eigenvalue weighted by Crippen LogP contribution is 2.27. The molecule has 0 bridgehead atoms. The van der Waals surface area contributed by atoms with Crippen molar-refractivity contribution in [2.24, 2.45) is 0 Å². The first kappa shape index (κ1) is 33.4. The quantitative estimate of drug-likeness (QED) is 0.224. The highest BCUT2D eigenvalue weighted by molar-refractivity contribution is 7.92. The Kier molecular flexibility index (Phi) is 12.4. The summed E-state index contributed by atoms with van der Waals surface area (Å²) in [5.74, 6) is -0.399. The van der Waals surface area contributed by atoms with Crippen LogP contribution < -0.4 is 19.1 Å². The van der Waals surface area contributed by atoms with Gasteiger partial charge in [0, 0.05) is 13.1 Å². The summed E-state index contributed by atoms with van der Waals surface area (Å²) in [6.07, 6.45) is 1.97. The maximum absolute atomic E-state index is 14.1. The Morgan fingerprint density at radius 1 is 0.953 bits per heavy atom. The molecule has 0 aliphatic carbocycles. The Bertz CT molecular complexity index is 1450. The molecule has 0 heterocycles. The average Bonchev–Trinajstić information content (AvgIpc) is 3.00. The number of amides is 2. The summed E-state index contributed by atoms with van der Waals surface area (Å²) in [5, 5.41) is 2.90. The van der Waals surface area contributed by atoms with Gasteiger partial charge in [-0.25, -0.2) is 12.8 Å². The molecule has 0 radical (unpaired) electrons. The van der Waals surface area contributed by atoms with Crippen LogP contribution in [0.3, 0.4) is 0 Å². The summed E-state index contributed by atoms with van der Waals surface area (Å²) < 4.78 is 53.5. The number of anilines is 1. The van der Waals surface area contributed by atoms with Gasteiger partial charge in [-0.15, -0.1) is 0 Å². The fraction of sp³-hybridized carbons (Fsp3) is 0.375. The highest BCUT2D eigenvalue weighted by Gasteiger charge is 2.33. The third-order valence-electron chi connectivity index (χ3n) is 6.82. The van der Waals surface area contributed by atoms with E-state index in [0.29, 0.717) is 36.6 Å². The normalized spacial score (nSPS) is 11.8. The molecule has 3 rings (SSSR count). The molecule has 2 amide bonds. The molecule has 0 aliphatic heterocycles. The molecule has 3 aromatic rings. The molecule has 0 aromatic heterocycles. The Morgan fingerprint density at radius 3 is 2.26 bits per heavy atom. The van der Waals surface area contributed by atoms with Crippen molar-refractivity contribution in [3.05, 3.63) is 84.2 Å². The lowest BCUT2D eigenvalue weighted by Crippen LogP contribution is -2.52. The predicted octanol–water partition coefficient (Wildman–Crippen LogP) is 5.15. The number of nitrogens with one attached hydrogen (secondary N) is 1. The Morgan fingerprint density at radius 2 is 1.65 bits per heavy atom. The summed E-state index contributed by atoms with van der Waals surface area (Å²) in [4.78, 5) is 28.7. The lowest BCUT2D eigenvalue weighted by molar-refractivity contribution is -0.140. The number of ether oxygens (including phenoxy) is 2. The zero-order chi connectivity index (χ0) is 31.4. The first-order valence-corrected chi connectivity index (χ1v) is 15.8. The van der Waals surface area contributed by atoms with Crippen LogP contribution in [0.25, 0.3) is 0 Å². The molecule has 43 heavy (non-hydrogen) atoms. The number of hydrogen-bond acceptors (Lipinski definition) is 6. The number of rotatable bonds is 16. The van der Waals surface area contributed by atoms with Gasteiger partial charge in [0.25, 0.3) is 10.0 Å². The lowest BCUT2D eigenvalue weighted by Gasteiger charge is -2.33. The van der Waals surface area contributed by atoms with Crippen LogP contribution in [0.1, 0.15) is 45.6 Å². The Balaban J connectivity index is 2.03. The minimum absolute atomic E-state index is 0.0378. The first-order chi connectivity index (χ1) is 20.6. The van der Waals surface area contributed by atoms with E-state index in [4.69, 9.17) is 9.47 Å². The molecule has 0 unspecified atom stereocenters. The average molecular weight is 614 g/mol. The topological polar surface area (TPSA) is 105 Å². The SMILES string of the molecule is CCCCNC(=O)[C@H](CC)N(Cc1cccc(OC)c1)C(=O)CN(c1ccc(F)cc1)S(=O)(=O)c1ccc(OCC)cc1. The Hall–Kier alpha value is -4.12. The number of benzene rings is 3. The van der Waals surface area contributed by atoms with E-state index >= 15 is 0 Å². The molecule has 0 fully saturated rings. The van der Waals surface area contributed by atoms with E-state index in [9.17, 15) is 22.4 Å². The van der Waals surface area contributed by atoms with Gasteiger partial charge in [0.05, 0.1) is 24.3 Å². The second-order valence-corrected chi connectivity index (χ2v) is 11.7. The van der Waals surface area contributed by atoms with Crippen molar-refractivity contribution in [1.29, 1.82) is 0 Å². The first-order valence-electron chi connectivity index (χ1n) is 14.4. The third kappa shape index (κ3) is 8.93. The van der Waals surface area contributed by atoms with Crippen molar-refractivity contribution in [1.82, 2.24) is 10.2 Å². The molecule has 232 valence electrons. The number of methoxy groups -OCH3 is 1. The second kappa shape index (κ2) is 15.9. The maximum Gasteiger partial charge on any atom is 0.264 e. The van der Waals surface area contributed by atoms with Crippen molar-refractivity contribution < 1.29 is 31.9 Å². The highest BCUT2D eigenvalue weighted by atomic mass is 32.2. The van der Waals surface area contributed by atoms with Crippen LogP contribution in [0.4, 0.5) is 10.1 Å². The third-order valence-corrected chi connectivity index (χ3v) is 8.61. The van der Waals surface area contributed by atoms with Crippen molar-refractivity contribution in [3.63, 3.8) is 0 Å². The molecule has 3 aromatic carbocycles. The smallest absolute Gasteiger partial charge is 0.264 e. The van der Waals surface area contributed by atoms with Gasteiger partial charge in [-0.3, -0.25) is 13.9 Å². The Labute approximate surface area is 253 Å². The van der Waals surface area contributed by atoms with E-state index in [1.165, 1.54) is 48.4 Å². The van der Waals surface area contributed by atoms with Crippen LogP contribution >= 0.6 is 0 Å². The standard InChI is InChI=1S/C32H40FN3O6S/c1-5-8-20-34-32(38)30(6-2)35(22-24-10-9-11-28(21-24)41-4)31(37)23-36(26-14-12-25(33)13-15-26)43(39,40)29-18-16-27(17-19-29)42-7-3/h9-19,21,30H,5-8,20,22-23H2,1-4H3,(H,34,38)/t30-/m0/s1. The van der Waals surface area contributed by atoms with Crippen LogP contribution in [0, 0.1) is 5.82 Å². The number of nitrogens with zero attached hydrogens (tertiary/aromatic N) is 2. The van der Waals surface area contributed by atoms with Gasteiger partial charge in [0.2, 0.25) is 11.8 Å². The van der Waals surface area contributed by atoms with E-state index in [0.717, 1.165) is 29.3 Å². The van der Waals surface area contributed by atoms with E-state index in [-0.39, 0.29) is 23.0 Å². The molecule has 9 nitrogen and oxygen atoms in total. The molecule has 0 spiro atoms. The van der Waals surface area contributed by atoms with Crippen molar-refractivity contribution >= 4 is 27.5 Å². The predicted molar refractivity (Wildman–Crippen MR) is 164 cm³/mol. The molecule has 0 aliphatic rings. The minimum Gasteiger partial charge on any atom is -0.497 e. The molecule has 1 atom stereocenters. The van der Waals surface area contributed by atoms with Crippen molar-refractivity contribution in [3.8, 4) is 11.5 Å². The van der Waals surface area contributed by atoms with Crippen LogP contribution in [-0.2, 0) is 26.2 Å². The fourth-order valence-electron chi connectivity index (χ4n) is 4.53. The van der Waals surface area contributed by atoms with Gasteiger partial charge in [0.15, 0.2) is 0 Å². The van der Waals surface area contributed by atoms with E-state index in [2.05, 4.69) is 5.32 Å². The second-order valence-electron chi connectivity index (χ2n) is 9.83. The van der Waals surface area contributed by atoms with E-state index < -0.39 is 34.3 Å². The van der Waals surface area contributed by atoms with Gasteiger partial charge >= 0.3 is 0 Å². The number of halogens is 1. The van der Waals surface area contributed by atoms with Crippen molar-refractivity contribution in [2.75, 3.05) is 31.1 Å². The monoisotopic (exact) mass is 613 g/mol. The summed E-state index contributed by atoms with van der Waals surface area (Å²) in [7, 11) is -2.76. The summed E-state index contributed by atoms with van der Waals surface area (Å²) in [6.45, 7) is 5.91. The fourth-order valence-corrected chi connectivity index (χ4v) is 5.95. The maximum atomic E-state index is 14.1. The van der Waals surface area contributed by atoms with Gasteiger partial charge in [-0.05, 0) is 86.0 Å². The number of carbonyl (C=O) groups is 2. The minimum atomic E-state index is -4.29. The summed E-state index contributed by atoms with van der Waals surface area (Å²) >= 11 is 0. The number of carbonyl (C=O) groups excluding carboxylic acids is 2. The largest absolute Gasteiger partial charge is 0.497 e.